The van der Waals surface area contributed by atoms with Gasteiger partial charge < -0.3 is 19.7 Å². The van der Waals surface area contributed by atoms with Gasteiger partial charge in [-0.25, -0.2) is 4.39 Å². The summed E-state index contributed by atoms with van der Waals surface area (Å²) in [4.78, 5) is 8.87. The number of para-hydroxylation sites is 1. The Labute approximate surface area is 210 Å². The van der Waals surface area contributed by atoms with Crippen molar-refractivity contribution in [2.75, 3.05) is 23.9 Å². The first-order chi connectivity index (χ1) is 16.9. The average molecular weight is 486 g/mol. The number of nitrogens with one attached hydrogen (secondary N) is 1. The number of anilines is 2. The third kappa shape index (κ3) is 4.06. The maximum atomic E-state index is 14.8. The molecule has 0 saturated carbocycles. The number of thiocarbonyl (C=S) groups is 1. The van der Waals surface area contributed by atoms with Crippen molar-refractivity contribution in [3.63, 3.8) is 0 Å². The lowest BCUT2D eigenvalue weighted by Gasteiger charge is -2.28. The van der Waals surface area contributed by atoms with Gasteiger partial charge in [0.25, 0.3) is 0 Å². The van der Waals surface area contributed by atoms with E-state index < -0.39 is 0 Å². The molecule has 5 nitrogen and oxygen atoms in total. The molecule has 4 aromatic rings. The molecule has 2 unspecified atom stereocenters. The number of hydrogen-bond acceptors (Lipinski definition) is 3. The van der Waals surface area contributed by atoms with E-state index in [0.717, 1.165) is 34.0 Å². The molecular weight excluding hydrogens is 457 g/mol. The highest BCUT2D eigenvalue weighted by molar-refractivity contribution is 7.80. The van der Waals surface area contributed by atoms with E-state index in [0.29, 0.717) is 10.8 Å². The molecule has 2 aromatic heterocycles. The van der Waals surface area contributed by atoms with Gasteiger partial charge in [0, 0.05) is 43.1 Å². The van der Waals surface area contributed by atoms with E-state index >= 15 is 0 Å². The van der Waals surface area contributed by atoms with Crippen molar-refractivity contribution in [1.82, 2.24) is 14.9 Å². The molecule has 35 heavy (non-hydrogen) atoms. The zero-order valence-corrected chi connectivity index (χ0v) is 21.1. The van der Waals surface area contributed by atoms with E-state index in [2.05, 4.69) is 50.4 Å². The lowest BCUT2D eigenvalue weighted by Crippen LogP contribution is -2.29. The fraction of sp³-hybridized carbons (Fsp3) is 0.214. The summed E-state index contributed by atoms with van der Waals surface area (Å²) in [6.07, 6.45) is 1.80. The molecule has 2 aromatic carbocycles. The largest absolute Gasteiger partial charge is 0.378 e. The summed E-state index contributed by atoms with van der Waals surface area (Å²) in [5.74, 6) is -0.252. The van der Waals surface area contributed by atoms with E-state index in [1.807, 2.05) is 62.8 Å². The lowest BCUT2D eigenvalue weighted by atomic mass is 9.96. The molecule has 1 saturated heterocycles. The Balaban J connectivity index is 1.67. The van der Waals surface area contributed by atoms with Gasteiger partial charge in [0.15, 0.2) is 5.11 Å². The SMILES string of the molecule is Cc1cc(C2C(c3ccccn3)NC(=S)N2c2ccc(N(C)C)cc2)c(C)n1-c1ccccc1F. The Morgan fingerprint density at radius 1 is 0.971 bits per heavy atom. The van der Waals surface area contributed by atoms with Crippen LogP contribution < -0.4 is 15.1 Å². The molecule has 0 bridgehead atoms. The number of hydrogen-bond donors (Lipinski definition) is 1. The molecule has 178 valence electrons. The number of nitrogens with zero attached hydrogens (tertiary/aromatic N) is 4. The van der Waals surface area contributed by atoms with Crippen LogP contribution in [0.2, 0.25) is 0 Å². The predicted molar refractivity (Wildman–Crippen MR) is 144 cm³/mol. The van der Waals surface area contributed by atoms with Crippen LogP contribution in [0.3, 0.4) is 0 Å². The second kappa shape index (κ2) is 9.15. The Morgan fingerprint density at radius 3 is 2.34 bits per heavy atom. The third-order valence-electron chi connectivity index (χ3n) is 6.62. The van der Waals surface area contributed by atoms with Gasteiger partial charge in [-0.3, -0.25) is 4.98 Å². The highest BCUT2D eigenvalue weighted by Crippen LogP contribution is 2.44. The topological polar surface area (TPSA) is 36.3 Å². The van der Waals surface area contributed by atoms with Crippen LogP contribution in [0.5, 0.6) is 0 Å². The molecule has 1 fully saturated rings. The zero-order valence-electron chi connectivity index (χ0n) is 20.2. The molecule has 0 aliphatic carbocycles. The smallest absolute Gasteiger partial charge is 0.174 e. The minimum atomic E-state index is -0.252. The van der Waals surface area contributed by atoms with Gasteiger partial charge >= 0.3 is 0 Å². The van der Waals surface area contributed by atoms with Gasteiger partial charge in [-0.05, 0) is 86.2 Å². The van der Waals surface area contributed by atoms with Gasteiger partial charge in [-0.1, -0.05) is 18.2 Å². The average Bonchev–Trinajstić information content (AvgIpc) is 3.35. The third-order valence-corrected chi connectivity index (χ3v) is 6.94. The highest BCUT2D eigenvalue weighted by Gasteiger charge is 2.42. The number of rotatable bonds is 5. The molecule has 1 N–H and O–H groups in total. The van der Waals surface area contributed by atoms with Crippen LogP contribution in [0.15, 0.2) is 79.0 Å². The van der Waals surface area contributed by atoms with Gasteiger partial charge in [0.05, 0.1) is 23.5 Å². The summed E-state index contributed by atoms with van der Waals surface area (Å²) >= 11 is 5.87. The van der Waals surface area contributed by atoms with Crippen LogP contribution in [0, 0.1) is 19.7 Å². The Bertz CT molecular complexity index is 1360. The second-order valence-corrected chi connectivity index (χ2v) is 9.41. The number of halogens is 1. The molecule has 7 heteroatoms. The Kier molecular flexibility index (Phi) is 6.03. The van der Waals surface area contributed by atoms with Crippen LogP contribution in [-0.4, -0.2) is 28.8 Å². The van der Waals surface area contributed by atoms with Crippen molar-refractivity contribution >= 4 is 28.7 Å². The fourth-order valence-corrected chi connectivity index (χ4v) is 5.30. The van der Waals surface area contributed by atoms with Gasteiger partial charge in [-0.15, -0.1) is 0 Å². The standard InChI is InChI=1S/C28H28FN5S/c1-18-17-22(19(2)33(18)25-11-6-5-9-23(25)29)27-26(24-10-7-8-16-30-24)31-28(35)34(27)21-14-12-20(13-15-21)32(3)4/h5-17,26-27H,1-4H3,(H,31,35). The van der Waals surface area contributed by atoms with Crippen molar-refractivity contribution in [3.8, 4) is 5.69 Å². The fourth-order valence-electron chi connectivity index (χ4n) is 4.95. The van der Waals surface area contributed by atoms with Crippen molar-refractivity contribution in [2.45, 2.75) is 25.9 Å². The summed E-state index contributed by atoms with van der Waals surface area (Å²) in [6, 6.07) is 23.0. The molecule has 0 radical (unpaired) electrons. The molecule has 5 rings (SSSR count). The van der Waals surface area contributed by atoms with Crippen LogP contribution in [-0.2, 0) is 0 Å². The van der Waals surface area contributed by atoms with Gasteiger partial charge in [0.2, 0.25) is 0 Å². The molecule has 3 heterocycles. The summed E-state index contributed by atoms with van der Waals surface area (Å²) in [6.45, 7) is 4.05. The van der Waals surface area contributed by atoms with E-state index in [9.17, 15) is 4.39 Å². The van der Waals surface area contributed by atoms with Gasteiger partial charge in [0.1, 0.15) is 5.82 Å². The number of aryl methyl sites for hydroxylation is 1. The second-order valence-electron chi connectivity index (χ2n) is 9.02. The quantitative estimate of drug-likeness (QED) is 0.358. The van der Waals surface area contributed by atoms with Crippen LogP contribution in [0.4, 0.5) is 15.8 Å². The zero-order chi connectivity index (χ0) is 24.7. The van der Waals surface area contributed by atoms with E-state index in [-0.39, 0.29) is 17.9 Å². The predicted octanol–water partition coefficient (Wildman–Crippen LogP) is 5.87. The molecule has 2 atom stereocenters. The molecule has 1 aliphatic rings. The van der Waals surface area contributed by atoms with Crippen molar-refractivity contribution in [2.24, 2.45) is 0 Å². The minimum Gasteiger partial charge on any atom is -0.378 e. The summed E-state index contributed by atoms with van der Waals surface area (Å²) in [5.41, 5.74) is 6.56. The van der Waals surface area contributed by atoms with E-state index in [1.54, 1.807) is 12.3 Å². The van der Waals surface area contributed by atoms with Crippen LogP contribution in [0.25, 0.3) is 5.69 Å². The first-order valence-corrected chi connectivity index (χ1v) is 12.0. The lowest BCUT2D eigenvalue weighted by molar-refractivity contribution is 0.564. The Morgan fingerprint density at radius 2 is 1.69 bits per heavy atom. The highest BCUT2D eigenvalue weighted by atomic mass is 32.1. The monoisotopic (exact) mass is 485 g/mol. The maximum absolute atomic E-state index is 14.8. The number of pyridine rings is 1. The number of aromatic nitrogens is 2. The Hall–Kier alpha value is -3.71. The molecule has 1 aliphatic heterocycles. The van der Waals surface area contributed by atoms with Gasteiger partial charge in [-0.2, -0.15) is 0 Å². The van der Waals surface area contributed by atoms with Crippen molar-refractivity contribution in [3.05, 3.63) is 107 Å². The normalized spacial score (nSPS) is 17.5. The minimum absolute atomic E-state index is 0.158. The van der Waals surface area contributed by atoms with Crippen LogP contribution in [0.1, 0.15) is 34.7 Å². The summed E-state index contributed by atoms with van der Waals surface area (Å²) in [7, 11) is 4.04. The summed E-state index contributed by atoms with van der Waals surface area (Å²) < 4.78 is 16.8. The number of benzene rings is 2. The van der Waals surface area contributed by atoms with Crippen molar-refractivity contribution < 1.29 is 4.39 Å². The van der Waals surface area contributed by atoms with Crippen molar-refractivity contribution in [1.29, 1.82) is 0 Å². The molecule has 0 amide bonds. The molecule has 0 spiro atoms. The van der Waals surface area contributed by atoms with Crippen LogP contribution >= 0.6 is 12.2 Å². The summed E-state index contributed by atoms with van der Waals surface area (Å²) in [5, 5.41) is 4.15. The molecular formula is C28H28FN5S. The first kappa shape index (κ1) is 23.1. The maximum Gasteiger partial charge on any atom is 0.174 e. The first-order valence-electron chi connectivity index (χ1n) is 11.6. The van der Waals surface area contributed by atoms with E-state index in [4.69, 9.17) is 12.2 Å². The van der Waals surface area contributed by atoms with E-state index in [1.165, 1.54) is 6.07 Å².